The smallest absolute Gasteiger partial charge is 0.167 e. The number of hydrazine groups is 1. The summed E-state index contributed by atoms with van der Waals surface area (Å²) in [6, 6.07) is 11.4. The lowest BCUT2D eigenvalue weighted by molar-refractivity contribution is 0.0910. The number of fused-ring (bicyclic) bond motifs is 3. The van der Waals surface area contributed by atoms with Crippen molar-refractivity contribution in [2.24, 2.45) is 17.2 Å². The number of nitrogens with zero attached hydrogens (tertiary/aromatic N) is 6. The van der Waals surface area contributed by atoms with Gasteiger partial charge in [0.1, 0.15) is 24.3 Å². The first kappa shape index (κ1) is 25.6. The topological polar surface area (TPSA) is 177 Å². The lowest BCUT2D eigenvalue weighted by Gasteiger charge is -2.29. The van der Waals surface area contributed by atoms with Gasteiger partial charge in [0.15, 0.2) is 5.78 Å². The molecule has 0 saturated heterocycles. The van der Waals surface area contributed by atoms with Gasteiger partial charge in [-0.1, -0.05) is 13.8 Å². The normalized spacial score (nSPS) is 15.9. The highest BCUT2D eigenvalue weighted by molar-refractivity contribution is 6.00. The van der Waals surface area contributed by atoms with Gasteiger partial charge in [-0.2, -0.15) is 5.10 Å². The Morgan fingerprint density at radius 2 is 1.57 bits per heavy atom. The first-order valence-corrected chi connectivity index (χ1v) is 13.3. The summed E-state index contributed by atoms with van der Waals surface area (Å²) in [5, 5.41) is 6.57. The van der Waals surface area contributed by atoms with E-state index in [0.29, 0.717) is 24.0 Å². The molecule has 7 N–H and O–H groups in total. The number of nitrogen functional groups attached to an aromatic ring is 3. The molecule has 3 aromatic heterocycles. The van der Waals surface area contributed by atoms with Crippen molar-refractivity contribution < 1.29 is 4.79 Å². The monoisotopic (exact) mass is 536 g/mol. The zero-order chi connectivity index (χ0) is 28.0. The lowest BCUT2D eigenvalue weighted by atomic mass is 9.75. The van der Waals surface area contributed by atoms with E-state index in [0.717, 1.165) is 63.0 Å². The van der Waals surface area contributed by atoms with Crippen LogP contribution in [-0.2, 0) is 12.8 Å². The van der Waals surface area contributed by atoms with Crippen LogP contribution in [0.2, 0.25) is 0 Å². The van der Waals surface area contributed by atoms with E-state index in [1.807, 2.05) is 41.1 Å². The summed E-state index contributed by atoms with van der Waals surface area (Å²) in [6.45, 7) is 4.31. The number of nitrogens with one attached hydrogen (secondary N) is 1. The SMILES string of the molecule is CC1(C)CC(=O)c2c(CC3CC3)nn(-c3ccc4c(N)ncnc4c3)c2C1.NNc1ccc2c(N)ncnc2c1. The van der Waals surface area contributed by atoms with Gasteiger partial charge in [-0.25, -0.2) is 24.6 Å². The molecule has 11 nitrogen and oxygen atoms in total. The van der Waals surface area contributed by atoms with Gasteiger partial charge >= 0.3 is 0 Å². The summed E-state index contributed by atoms with van der Waals surface area (Å²) in [5.41, 5.74) is 20.2. The fourth-order valence-electron chi connectivity index (χ4n) is 5.35. The first-order chi connectivity index (χ1) is 19.2. The van der Waals surface area contributed by atoms with E-state index in [2.05, 4.69) is 39.2 Å². The van der Waals surface area contributed by atoms with E-state index in [1.54, 1.807) is 0 Å². The van der Waals surface area contributed by atoms with E-state index in [1.165, 1.54) is 25.5 Å². The Bertz CT molecular complexity index is 1760. The summed E-state index contributed by atoms with van der Waals surface area (Å²) in [6.07, 6.45) is 7.73. The van der Waals surface area contributed by atoms with Crippen molar-refractivity contribution in [3.63, 3.8) is 0 Å². The summed E-state index contributed by atoms with van der Waals surface area (Å²) >= 11 is 0. The molecule has 11 heteroatoms. The first-order valence-electron chi connectivity index (χ1n) is 13.3. The van der Waals surface area contributed by atoms with E-state index in [-0.39, 0.29) is 11.2 Å². The molecule has 1 fully saturated rings. The second-order valence-electron chi connectivity index (χ2n) is 11.4. The molecule has 0 unspecified atom stereocenters. The fourth-order valence-corrected chi connectivity index (χ4v) is 5.35. The Kier molecular flexibility index (Phi) is 6.30. The molecule has 204 valence electrons. The minimum Gasteiger partial charge on any atom is -0.383 e. The number of benzene rings is 2. The molecule has 0 bridgehead atoms. The molecule has 0 radical (unpaired) electrons. The predicted molar refractivity (Wildman–Crippen MR) is 156 cm³/mol. The van der Waals surface area contributed by atoms with Crippen LogP contribution in [0.4, 0.5) is 17.3 Å². The second kappa shape index (κ2) is 9.83. The highest BCUT2D eigenvalue weighted by atomic mass is 16.1. The van der Waals surface area contributed by atoms with Gasteiger partial charge in [0.2, 0.25) is 0 Å². The van der Waals surface area contributed by atoms with Gasteiger partial charge in [0.05, 0.1) is 39.4 Å². The molecular formula is C29H32N10O. The molecule has 5 aromatic rings. The number of Topliss-reactive ketones (excluding diaryl/α,β-unsaturated/α-hetero) is 1. The van der Waals surface area contributed by atoms with Gasteiger partial charge in [0, 0.05) is 17.2 Å². The van der Waals surface area contributed by atoms with Crippen LogP contribution in [0, 0.1) is 11.3 Å². The minimum absolute atomic E-state index is 0.0534. The van der Waals surface area contributed by atoms with Gasteiger partial charge in [-0.15, -0.1) is 0 Å². The van der Waals surface area contributed by atoms with E-state index in [9.17, 15) is 4.79 Å². The lowest BCUT2D eigenvalue weighted by Crippen LogP contribution is -2.28. The number of carbonyl (C=O) groups is 1. The third-order valence-corrected chi connectivity index (χ3v) is 7.53. The molecule has 40 heavy (non-hydrogen) atoms. The highest BCUT2D eigenvalue weighted by Gasteiger charge is 2.38. The summed E-state index contributed by atoms with van der Waals surface area (Å²) in [4.78, 5) is 29.3. The van der Waals surface area contributed by atoms with Crippen LogP contribution in [-0.4, -0.2) is 35.5 Å². The molecule has 7 rings (SSSR count). The minimum atomic E-state index is -0.0534. The molecule has 2 aliphatic carbocycles. The van der Waals surface area contributed by atoms with Crippen molar-refractivity contribution in [2.45, 2.75) is 46.0 Å². The maximum absolute atomic E-state index is 12.9. The van der Waals surface area contributed by atoms with Crippen LogP contribution in [0.3, 0.4) is 0 Å². The van der Waals surface area contributed by atoms with Crippen molar-refractivity contribution in [1.29, 1.82) is 0 Å². The number of hydrogen-bond acceptors (Lipinski definition) is 10. The Balaban J connectivity index is 0.000000187. The third kappa shape index (κ3) is 4.91. The number of anilines is 3. The average Bonchev–Trinajstić information content (AvgIpc) is 3.67. The maximum Gasteiger partial charge on any atom is 0.167 e. The zero-order valence-electron chi connectivity index (χ0n) is 22.6. The molecule has 1 saturated carbocycles. The van der Waals surface area contributed by atoms with Gasteiger partial charge in [0.25, 0.3) is 0 Å². The third-order valence-electron chi connectivity index (χ3n) is 7.53. The number of carbonyl (C=O) groups excluding carboxylic acids is 1. The Morgan fingerprint density at radius 3 is 2.23 bits per heavy atom. The van der Waals surface area contributed by atoms with Gasteiger partial charge < -0.3 is 16.9 Å². The van der Waals surface area contributed by atoms with Crippen LogP contribution >= 0.6 is 0 Å². The Labute approximate surface area is 231 Å². The highest BCUT2D eigenvalue weighted by Crippen LogP contribution is 2.40. The van der Waals surface area contributed by atoms with Crippen molar-refractivity contribution in [1.82, 2.24) is 29.7 Å². The molecule has 0 spiro atoms. The predicted octanol–water partition coefficient (Wildman–Crippen LogP) is 4.00. The molecule has 2 aliphatic rings. The van der Waals surface area contributed by atoms with Crippen LogP contribution in [0.1, 0.15) is 54.9 Å². The Hall–Kier alpha value is -4.64. The van der Waals surface area contributed by atoms with Gasteiger partial charge in [-0.3, -0.25) is 10.6 Å². The van der Waals surface area contributed by atoms with Crippen LogP contribution in [0.15, 0.2) is 49.1 Å². The molecule has 2 aromatic carbocycles. The summed E-state index contributed by atoms with van der Waals surface area (Å²) in [5.74, 6) is 7.12. The Morgan fingerprint density at radius 1 is 0.925 bits per heavy atom. The van der Waals surface area contributed by atoms with Crippen LogP contribution in [0.5, 0.6) is 0 Å². The molecule has 3 heterocycles. The quantitative estimate of drug-likeness (QED) is 0.194. The summed E-state index contributed by atoms with van der Waals surface area (Å²) in [7, 11) is 0. The van der Waals surface area contributed by atoms with Crippen LogP contribution < -0.4 is 22.7 Å². The number of aromatic nitrogens is 6. The van der Waals surface area contributed by atoms with E-state index < -0.39 is 0 Å². The van der Waals surface area contributed by atoms with E-state index >= 15 is 0 Å². The van der Waals surface area contributed by atoms with Gasteiger partial charge in [-0.05, 0) is 73.4 Å². The standard InChI is InChI=1S/C21H23N5O.C8H9N5/c1-21(2)9-17-19(18(27)10-21)16(7-12-3-4-12)25-26(17)13-5-6-14-15(8-13)23-11-24-20(14)22;9-8-6-2-1-5(13-10)3-7(6)11-4-12-8/h5-6,8,11-12H,3-4,7,9-10H2,1-2H3,(H2,22,23,24);1-4,13H,10H2,(H2,9,11,12). The van der Waals surface area contributed by atoms with Crippen molar-refractivity contribution in [3.8, 4) is 5.69 Å². The van der Waals surface area contributed by atoms with Crippen LogP contribution in [0.25, 0.3) is 27.5 Å². The number of ketones is 1. The van der Waals surface area contributed by atoms with Crippen molar-refractivity contribution in [3.05, 3.63) is 66.0 Å². The van der Waals surface area contributed by atoms with Crippen molar-refractivity contribution >= 4 is 44.9 Å². The molecule has 0 atom stereocenters. The number of nitrogens with two attached hydrogens (primary N) is 3. The van der Waals surface area contributed by atoms with Crippen molar-refractivity contribution in [2.75, 3.05) is 16.9 Å². The largest absolute Gasteiger partial charge is 0.383 e. The zero-order valence-corrected chi connectivity index (χ0v) is 22.6. The van der Waals surface area contributed by atoms with E-state index in [4.69, 9.17) is 22.4 Å². The molecule has 0 amide bonds. The molecular weight excluding hydrogens is 504 g/mol. The number of hydrogen-bond donors (Lipinski definition) is 4. The number of rotatable bonds is 4. The maximum atomic E-state index is 12.9. The summed E-state index contributed by atoms with van der Waals surface area (Å²) < 4.78 is 1.96. The average molecular weight is 537 g/mol. The second-order valence-corrected chi connectivity index (χ2v) is 11.4. The fraction of sp³-hybridized carbons (Fsp3) is 0.310. The molecule has 0 aliphatic heterocycles.